The first-order valence-electron chi connectivity index (χ1n) is 15.3. The first-order valence-corrected chi connectivity index (χ1v) is 15.3. The molecule has 2 fully saturated rings. The van der Waals surface area contributed by atoms with Gasteiger partial charge in [-0.3, -0.25) is 0 Å². The van der Waals surface area contributed by atoms with Crippen LogP contribution in [0.1, 0.15) is 110 Å². The van der Waals surface area contributed by atoms with Crippen LogP contribution in [0.25, 0.3) is 0 Å². The number of fused-ring (bicyclic) bond motifs is 5. The van der Waals surface area contributed by atoms with E-state index in [0.717, 1.165) is 42.9 Å². The number of hydrogen-bond acceptors (Lipinski definition) is 2. The van der Waals surface area contributed by atoms with Crippen LogP contribution in [-0.2, 0) is 4.74 Å². The average molecular weight is 503 g/mol. The standard InChI is InChI=1S/C35H50O2/c1-23(2)24(3)12-13-25(4)30-16-17-31-29-15-14-27-22-28(37-33(36)26-10-8-7-9-11-26)18-20-34(27,5)32(29)19-21-35(30,31)6/h7-11,15,17,23-25,27-28,30,32H,12-14,16,18-22H2,1-6H3/t24-,25+,27-,28-,30+,32-,34-,35+/m0/s1. The number of carbonyl (C=O) groups is 1. The van der Waals surface area contributed by atoms with Gasteiger partial charge in [-0.2, -0.15) is 0 Å². The highest BCUT2D eigenvalue weighted by Gasteiger charge is 2.55. The molecule has 2 saturated carbocycles. The Morgan fingerprint density at radius 2 is 1.73 bits per heavy atom. The van der Waals surface area contributed by atoms with Gasteiger partial charge in [0.15, 0.2) is 0 Å². The predicted molar refractivity (Wildman–Crippen MR) is 153 cm³/mol. The molecule has 1 aromatic rings. The topological polar surface area (TPSA) is 26.3 Å². The zero-order chi connectivity index (χ0) is 26.4. The van der Waals surface area contributed by atoms with Crippen LogP contribution in [0.15, 0.2) is 53.6 Å². The SMILES string of the molecule is CC(C)[C@@H](C)CC[C@@H](C)[C@H]1CC=C2C3=CC[C@H]4C[C@@H](OC(=O)c5ccccc5)CC[C@]4(C)[C@H]3CC[C@@]21C. The molecule has 0 aliphatic heterocycles. The van der Waals surface area contributed by atoms with Crippen molar-refractivity contribution in [3.8, 4) is 0 Å². The Kier molecular flexibility index (Phi) is 7.51. The third-order valence-corrected chi connectivity index (χ3v) is 11.7. The molecule has 0 radical (unpaired) electrons. The maximum Gasteiger partial charge on any atom is 0.338 e. The summed E-state index contributed by atoms with van der Waals surface area (Å²) in [6.45, 7) is 14.9. The van der Waals surface area contributed by atoms with E-state index in [0.29, 0.717) is 28.2 Å². The monoisotopic (exact) mass is 502 g/mol. The molecule has 2 nitrogen and oxygen atoms in total. The van der Waals surface area contributed by atoms with Crippen LogP contribution in [0, 0.1) is 46.3 Å². The van der Waals surface area contributed by atoms with Crippen molar-refractivity contribution in [3.05, 3.63) is 59.2 Å². The van der Waals surface area contributed by atoms with E-state index in [1.54, 1.807) is 11.1 Å². The molecule has 0 saturated heterocycles. The van der Waals surface area contributed by atoms with Crippen molar-refractivity contribution in [3.63, 3.8) is 0 Å². The smallest absolute Gasteiger partial charge is 0.338 e. The summed E-state index contributed by atoms with van der Waals surface area (Å²) in [5, 5.41) is 0. The van der Waals surface area contributed by atoms with Gasteiger partial charge in [-0.25, -0.2) is 4.79 Å². The fraction of sp³-hybridized carbons (Fsp3) is 0.686. The van der Waals surface area contributed by atoms with Crippen LogP contribution >= 0.6 is 0 Å². The molecule has 0 unspecified atom stereocenters. The number of benzene rings is 1. The third kappa shape index (κ3) is 4.87. The zero-order valence-electron chi connectivity index (χ0n) is 24.3. The van der Waals surface area contributed by atoms with Gasteiger partial charge in [-0.05, 0) is 115 Å². The van der Waals surface area contributed by atoms with E-state index in [4.69, 9.17) is 4.74 Å². The summed E-state index contributed by atoms with van der Waals surface area (Å²) in [7, 11) is 0. The van der Waals surface area contributed by atoms with E-state index >= 15 is 0 Å². The van der Waals surface area contributed by atoms with Crippen molar-refractivity contribution < 1.29 is 9.53 Å². The number of esters is 1. The second-order valence-corrected chi connectivity index (χ2v) is 14.0. The van der Waals surface area contributed by atoms with Gasteiger partial charge in [0, 0.05) is 0 Å². The largest absolute Gasteiger partial charge is 0.459 e. The maximum absolute atomic E-state index is 12.7. The van der Waals surface area contributed by atoms with Gasteiger partial charge < -0.3 is 4.74 Å². The number of allylic oxidation sites excluding steroid dienone is 4. The Balaban J connectivity index is 1.26. The lowest BCUT2D eigenvalue weighted by molar-refractivity contribution is -0.0409. The summed E-state index contributed by atoms with van der Waals surface area (Å²) in [6, 6.07) is 9.48. The van der Waals surface area contributed by atoms with Gasteiger partial charge >= 0.3 is 5.97 Å². The van der Waals surface area contributed by atoms with Crippen molar-refractivity contribution >= 4 is 5.97 Å². The maximum atomic E-state index is 12.7. The summed E-state index contributed by atoms with van der Waals surface area (Å²) in [6.07, 6.45) is 16.3. The summed E-state index contributed by atoms with van der Waals surface area (Å²) in [5.41, 5.74) is 4.78. The van der Waals surface area contributed by atoms with Crippen molar-refractivity contribution in [2.45, 2.75) is 105 Å². The van der Waals surface area contributed by atoms with Crippen molar-refractivity contribution in [1.29, 1.82) is 0 Å². The highest BCUT2D eigenvalue weighted by Crippen LogP contribution is 2.65. The molecule has 8 atom stereocenters. The van der Waals surface area contributed by atoms with Gasteiger partial charge in [-0.15, -0.1) is 0 Å². The molecule has 4 aliphatic rings. The Hall–Kier alpha value is -1.83. The number of hydrogen-bond donors (Lipinski definition) is 0. The molecule has 5 rings (SSSR count). The van der Waals surface area contributed by atoms with Gasteiger partial charge in [0.05, 0.1) is 5.56 Å². The van der Waals surface area contributed by atoms with Crippen molar-refractivity contribution in [2.75, 3.05) is 0 Å². The lowest BCUT2D eigenvalue weighted by Gasteiger charge is -2.56. The quantitative estimate of drug-likeness (QED) is 0.347. The lowest BCUT2D eigenvalue weighted by Crippen LogP contribution is -2.48. The number of carbonyl (C=O) groups excluding carboxylic acids is 1. The second-order valence-electron chi connectivity index (χ2n) is 14.0. The summed E-state index contributed by atoms with van der Waals surface area (Å²) in [4.78, 5) is 12.7. The molecular weight excluding hydrogens is 452 g/mol. The van der Waals surface area contributed by atoms with Gasteiger partial charge in [0.25, 0.3) is 0 Å². The molecule has 0 spiro atoms. The molecule has 202 valence electrons. The van der Waals surface area contributed by atoms with Crippen LogP contribution in [0.4, 0.5) is 0 Å². The third-order valence-electron chi connectivity index (χ3n) is 11.7. The van der Waals surface area contributed by atoms with Crippen molar-refractivity contribution in [2.24, 2.45) is 46.3 Å². The van der Waals surface area contributed by atoms with E-state index in [2.05, 4.69) is 53.7 Å². The molecule has 0 amide bonds. The van der Waals surface area contributed by atoms with Crippen LogP contribution in [0.5, 0.6) is 0 Å². The highest BCUT2D eigenvalue weighted by molar-refractivity contribution is 5.89. The fourth-order valence-corrected chi connectivity index (χ4v) is 8.73. The Bertz CT molecular complexity index is 1030. The Labute approximate surface area is 226 Å². The molecular formula is C35H50O2. The molecule has 4 aliphatic carbocycles. The second kappa shape index (κ2) is 10.4. The summed E-state index contributed by atoms with van der Waals surface area (Å²) in [5.74, 6) is 4.32. The molecule has 0 aromatic heterocycles. The van der Waals surface area contributed by atoms with Crippen LogP contribution in [-0.4, -0.2) is 12.1 Å². The molecule has 2 heteroatoms. The van der Waals surface area contributed by atoms with Crippen molar-refractivity contribution in [1.82, 2.24) is 0 Å². The van der Waals surface area contributed by atoms with E-state index in [1.807, 2.05) is 30.3 Å². The summed E-state index contributed by atoms with van der Waals surface area (Å²) < 4.78 is 6.02. The molecule has 0 N–H and O–H groups in total. The summed E-state index contributed by atoms with van der Waals surface area (Å²) >= 11 is 0. The number of ether oxygens (including phenoxy) is 1. The predicted octanol–water partition coefficient (Wildman–Crippen LogP) is 9.42. The lowest BCUT2D eigenvalue weighted by atomic mass is 9.48. The average Bonchev–Trinajstić information content (AvgIpc) is 3.25. The van der Waals surface area contributed by atoms with E-state index < -0.39 is 0 Å². The van der Waals surface area contributed by atoms with Crippen LogP contribution < -0.4 is 0 Å². The minimum absolute atomic E-state index is 0.0544. The Morgan fingerprint density at radius 1 is 0.973 bits per heavy atom. The van der Waals surface area contributed by atoms with Crippen LogP contribution in [0.2, 0.25) is 0 Å². The molecule has 0 heterocycles. The molecule has 1 aromatic carbocycles. The Morgan fingerprint density at radius 3 is 2.46 bits per heavy atom. The van der Waals surface area contributed by atoms with E-state index in [-0.39, 0.29) is 12.1 Å². The van der Waals surface area contributed by atoms with E-state index in [1.165, 1.54) is 38.5 Å². The minimum Gasteiger partial charge on any atom is -0.459 e. The zero-order valence-corrected chi connectivity index (χ0v) is 24.3. The van der Waals surface area contributed by atoms with Gasteiger partial charge in [0.1, 0.15) is 6.10 Å². The number of rotatable bonds is 7. The fourth-order valence-electron chi connectivity index (χ4n) is 8.73. The molecule has 0 bridgehead atoms. The first-order chi connectivity index (χ1) is 17.6. The van der Waals surface area contributed by atoms with Gasteiger partial charge in [0.2, 0.25) is 0 Å². The molecule has 37 heavy (non-hydrogen) atoms. The van der Waals surface area contributed by atoms with Crippen LogP contribution in [0.3, 0.4) is 0 Å². The minimum atomic E-state index is -0.159. The highest BCUT2D eigenvalue weighted by atomic mass is 16.5. The van der Waals surface area contributed by atoms with Gasteiger partial charge in [-0.1, -0.05) is 84.7 Å². The normalized spacial score (nSPS) is 36.5. The van der Waals surface area contributed by atoms with E-state index in [9.17, 15) is 4.79 Å². The first kappa shape index (κ1) is 26.8.